The number of hydrogen-bond donors (Lipinski definition) is 2. The van der Waals surface area contributed by atoms with Crippen LogP contribution in [0.3, 0.4) is 0 Å². The van der Waals surface area contributed by atoms with Gasteiger partial charge in [-0.25, -0.2) is 0 Å². The summed E-state index contributed by atoms with van der Waals surface area (Å²) in [7, 11) is 0. The maximum absolute atomic E-state index is 12.3. The largest absolute Gasteiger partial charge is 0.456 e. The molecule has 0 bridgehead atoms. The van der Waals surface area contributed by atoms with E-state index in [1.165, 1.54) is 20.8 Å². The molecule has 10 nitrogen and oxygen atoms in total. The lowest BCUT2D eigenvalue weighted by Gasteiger charge is -2.64. The Bertz CT molecular complexity index is 1080. The molecule has 1 aliphatic heterocycles. The van der Waals surface area contributed by atoms with Gasteiger partial charge in [-0.1, -0.05) is 13.8 Å². The fourth-order valence-corrected chi connectivity index (χ4v) is 10.5. The Balaban J connectivity index is 1.31. The van der Waals surface area contributed by atoms with Gasteiger partial charge in [0.1, 0.15) is 0 Å². The van der Waals surface area contributed by atoms with Gasteiger partial charge in [0.25, 0.3) is 0 Å². The number of carbonyl (C=O) groups is 3. The molecule has 10 heteroatoms. The summed E-state index contributed by atoms with van der Waals surface area (Å²) in [6.45, 7) is 12.3. The van der Waals surface area contributed by atoms with Crippen LogP contribution in [0, 0.1) is 34.5 Å². The van der Waals surface area contributed by atoms with E-state index >= 15 is 0 Å². The first-order valence-electron chi connectivity index (χ1n) is 16.4. The molecular formula is C33H53NO9. The second-order valence-electron chi connectivity index (χ2n) is 14.8. The third-order valence-corrected chi connectivity index (χ3v) is 12.5. The van der Waals surface area contributed by atoms with Crippen molar-refractivity contribution in [3.63, 3.8) is 0 Å². The zero-order valence-electron chi connectivity index (χ0n) is 27.0. The predicted octanol–water partition coefficient (Wildman–Crippen LogP) is 4.03. The van der Waals surface area contributed by atoms with Gasteiger partial charge < -0.3 is 34.5 Å². The molecule has 0 spiro atoms. The first-order chi connectivity index (χ1) is 20.1. The first kappa shape index (κ1) is 32.6. The maximum atomic E-state index is 12.3. The van der Waals surface area contributed by atoms with Gasteiger partial charge in [0.2, 0.25) is 0 Å². The summed E-state index contributed by atoms with van der Waals surface area (Å²) in [6, 6.07) is 0.0837. The van der Waals surface area contributed by atoms with E-state index < -0.39 is 54.2 Å². The van der Waals surface area contributed by atoms with Crippen LogP contribution < -0.4 is 5.73 Å². The number of nitrogens with two attached hydrogens (primary N) is 1. The molecule has 0 unspecified atom stereocenters. The van der Waals surface area contributed by atoms with E-state index in [4.69, 9.17) is 29.4 Å². The van der Waals surface area contributed by atoms with Crippen LogP contribution in [0.2, 0.25) is 0 Å². The molecule has 4 saturated carbocycles. The van der Waals surface area contributed by atoms with Crippen molar-refractivity contribution < 1.29 is 43.2 Å². The number of aliphatic hydroxyl groups is 1. The lowest BCUT2D eigenvalue weighted by atomic mass is 9.43. The topological polar surface area (TPSA) is 144 Å². The number of hydrogen-bond acceptors (Lipinski definition) is 10. The number of esters is 3. The lowest BCUT2D eigenvalue weighted by Crippen LogP contribution is -2.63. The van der Waals surface area contributed by atoms with E-state index in [2.05, 4.69) is 20.8 Å². The van der Waals surface area contributed by atoms with Gasteiger partial charge in [0, 0.05) is 32.2 Å². The van der Waals surface area contributed by atoms with Crippen molar-refractivity contribution in [3.8, 4) is 0 Å². The summed E-state index contributed by atoms with van der Waals surface area (Å²) in [5, 5.41) is 12.3. The Hall–Kier alpha value is -1.75. The van der Waals surface area contributed by atoms with Crippen molar-refractivity contribution in [1.29, 1.82) is 0 Å². The minimum atomic E-state index is -1.09. The standard InChI is InChI=1S/C33H53NO9/c1-17(34)24-12-15-33(38)26-9-8-22-16-23(10-13-31(22,6)25(26)11-14-32(24,33)7)43-30-29(42-21(5)37)28(41-20(4)36)27(18(2)39-30)40-19(3)35/h17-18,22-30,38H,8-16,34H2,1-7H3/t17-,18-,22+,23-,24+,25-,26+,27-,28+,29+,30+,31-,32+,33-/m0/s1. The zero-order chi connectivity index (χ0) is 31.5. The van der Waals surface area contributed by atoms with Gasteiger partial charge in [-0.15, -0.1) is 0 Å². The summed E-state index contributed by atoms with van der Waals surface area (Å²) >= 11 is 0. The Morgan fingerprint density at radius 3 is 2.09 bits per heavy atom. The SMILES string of the molecule is CC(=O)O[C@@H]1[C@@H](OC(C)=O)[C@H](C)O[C@H](O[C@H]2CC[C@@]3(C)[C@H](CC[C@@H]4[C@@H]3CC[C@]3(C)[C@@H]([C@H](C)N)CC[C@]43O)C2)[C@@H]1OC(C)=O. The minimum absolute atomic E-state index is 0.0837. The Kier molecular flexibility index (Phi) is 9.02. The first-order valence-corrected chi connectivity index (χ1v) is 16.4. The summed E-state index contributed by atoms with van der Waals surface area (Å²) in [6.07, 6.45) is 3.74. The molecule has 4 aliphatic carbocycles. The molecule has 1 heterocycles. The Morgan fingerprint density at radius 1 is 0.837 bits per heavy atom. The zero-order valence-corrected chi connectivity index (χ0v) is 27.0. The van der Waals surface area contributed by atoms with E-state index in [1.807, 2.05) is 0 Å². The van der Waals surface area contributed by atoms with Crippen LogP contribution in [-0.4, -0.2) is 71.5 Å². The van der Waals surface area contributed by atoms with Crippen LogP contribution in [0.5, 0.6) is 0 Å². The highest BCUT2D eigenvalue weighted by Gasteiger charge is 2.67. The van der Waals surface area contributed by atoms with Gasteiger partial charge in [0.05, 0.1) is 17.8 Å². The van der Waals surface area contributed by atoms with Gasteiger partial charge in [-0.05, 0) is 101 Å². The third kappa shape index (κ3) is 5.63. The van der Waals surface area contributed by atoms with Crippen LogP contribution >= 0.6 is 0 Å². The molecule has 244 valence electrons. The lowest BCUT2D eigenvalue weighted by molar-refractivity contribution is -0.315. The predicted molar refractivity (Wildman–Crippen MR) is 156 cm³/mol. The molecule has 0 aromatic rings. The second-order valence-corrected chi connectivity index (χ2v) is 14.8. The Morgan fingerprint density at radius 2 is 1.47 bits per heavy atom. The number of carbonyl (C=O) groups excluding carboxylic acids is 3. The highest BCUT2D eigenvalue weighted by Crippen LogP contribution is 2.69. The highest BCUT2D eigenvalue weighted by atomic mass is 16.7. The van der Waals surface area contributed by atoms with Crippen molar-refractivity contribution in [1.82, 2.24) is 0 Å². The van der Waals surface area contributed by atoms with E-state index in [0.717, 1.165) is 57.8 Å². The molecular weight excluding hydrogens is 554 g/mol. The summed E-state index contributed by atoms with van der Waals surface area (Å²) in [5.74, 6) is -0.201. The fourth-order valence-electron chi connectivity index (χ4n) is 10.5. The molecule has 5 aliphatic rings. The van der Waals surface area contributed by atoms with Gasteiger partial charge >= 0.3 is 17.9 Å². The average Bonchev–Trinajstić information content (AvgIpc) is 3.19. The van der Waals surface area contributed by atoms with Crippen molar-refractivity contribution in [2.45, 2.75) is 155 Å². The molecule has 14 atom stereocenters. The highest BCUT2D eigenvalue weighted by molar-refractivity contribution is 5.68. The molecule has 0 aromatic heterocycles. The molecule has 5 rings (SSSR count). The monoisotopic (exact) mass is 607 g/mol. The van der Waals surface area contributed by atoms with E-state index in [0.29, 0.717) is 17.8 Å². The van der Waals surface area contributed by atoms with E-state index in [-0.39, 0.29) is 28.9 Å². The smallest absolute Gasteiger partial charge is 0.303 e. The van der Waals surface area contributed by atoms with Crippen LogP contribution in [0.1, 0.15) is 106 Å². The average molecular weight is 608 g/mol. The number of ether oxygens (including phenoxy) is 5. The van der Waals surface area contributed by atoms with E-state index in [9.17, 15) is 19.5 Å². The van der Waals surface area contributed by atoms with Crippen LogP contribution in [0.4, 0.5) is 0 Å². The molecule has 0 radical (unpaired) electrons. The molecule has 3 N–H and O–H groups in total. The van der Waals surface area contributed by atoms with Crippen LogP contribution in [0.15, 0.2) is 0 Å². The van der Waals surface area contributed by atoms with Gasteiger partial charge in [-0.3, -0.25) is 14.4 Å². The summed E-state index contributed by atoms with van der Waals surface area (Å²) in [4.78, 5) is 36.0. The Labute approximate surface area is 256 Å². The maximum Gasteiger partial charge on any atom is 0.303 e. The van der Waals surface area contributed by atoms with Crippen molar-refractivity contribution in [3.05, 3.63) is 0 Å². The molecule has 1 saturated heterocycles. The van der Waals surface area contributed by atoms with Crippen LogP contribution in [0.25, 0.3) is 0 Å². The normalized spacial score (nSPS) is 48.2. The van der Waals surface area contributed by atoms with E-state index in [1.54, 1.807) is 6.92 Å². The quantitative estimate of drug-likeness (QED) is 0.258. The molecule has 43 heavy (non-hydrogen) atoms. The molecule has 5 fully saturated rings. The third-order valence-electron chi connectivity index (χ3n) is 12.5. The van der Waals surface area contributed by atoms with Crippen molar-refractivity contribution >= 4 is 17.9 Å². The minimum Gasteiger partial charge on any atom is -0.456 e. The molecule has 0 aromatic carbocycles. The van der Waals surface area contributed by atoms with Crippen molar-refractivity contribution in [2.75, 3.05) is 0 Å². The van der Waals surface area contributed by atoms with Crippen molar-refractivity contribution in [2.24, 2.45) is 40.2 Å². The number of fused-ring (bicyclic) bond motifs is 5. The van der Waals surface area contributed by atoms with Crippen LogP contribution in [-0.2, 0) is 38.1 Å². The summed E-state index contributed by atoms with van der Waals surface area (Å²) < 4.78 is 29.3. The van der Waals surface area contributed by atoms with Gasteiger partial charge in [-0.2, -0.15) is 0 Å². The summed E-state index contributed by atoms with van der Waals surface area (Å²) in [5.41, 5.74) is 5.74. The van der Waals surface area contributed by atoms with Gasteiger partial charge in [0.15, 0.2) is 24.6 Å². The number of rotatable bonds is 6. The second kappa shape index (κ2) is 11.9. The molecule has 0 amide bonds. The fraction of sp³-hybridized carbons (Fsp3) is 0.909.